The Hall–Kier alpha value is -1.59. The minimum atomic E-state index is -0.381. The minimum absolute atomic E-state index is 0.0314. The van der Waals surface area contributed by atoms with Gasteiger partial charge < -0.3 is 10.2 Å². The molecule has 0 radical (unpaired) electrons. The van der Waals surface area contributed by atoms with E-state index in [1.54, 1.807) is 4.90 Å². The summed E-state index contributed by atoms with van der Waals surface area (Å²) in [5.41, 5.74) is 1.12. The summed E-state index contributed by atoms with van der Waals surface area (Å²) >= 11 is 6.04. The number of rotatable bonds is 4. The fraction of sp³-hybridized carbons (Fsp3) is 0.556. The highest BCUT2D eigenvalue weighted by atomic mass is 35.5. The molecule has 0 bridgehead atoms. The lowest BCUT2D eigenvalue weighted by Crippen LogP contribution is -2.69. The zero-order chi connectivity index (χ0) is 17.3. The van der Waals surface area contributed by atoms with Crippen LogP contribution in [0.2, 0.25) is 5.02 Å². The largest absolute Gasteiger partial charge is 0.342 e. The van der Waals surface area contributed by atoms with E-state index in [1.807, 2.05) is 24.3 Å². The molecule has 24 heavy (non-hydrogen) atoms. The van der Waals surface area contributed by atoms with Crippen LogP contribution in [-0.2, 0) is 16.1 Å². The Morgan fingerprint density at radius 3 is 2.79 bits per heavy atom. The molecule has 1 aromatic carbocycles. The third kappa shape index (κ3) is 3.73. The van der Waals surface area contributed by atoms with Crippen LogP contribution in [0.1, 0.15) is 25.8 Å². The summed E-state index contributed by atoms with van der Waals surface area (Å²) in [6.45, 7) is 6.81. The number of carbonyl (C=O) groups excluding carboxylic acids is 2. The normalized spacial score (nSPS) is 24.9. The Morgan fingerprint density at radius 1 is 1.29 bits per heavy atom. The highest BCUT2D eigenvalue weighted by Crippen LogP contribution is 2.21. The number of nitrogens with one attached hydrogen (secondary N) is 1. The number of halogens is 1. The van der Waals surface area contributed by atoms with Crippen molar-refractivity contribution in [3.8, 4) is 0 Å². The van der Waals surface area contributed by atoms with Gasteiger partial charge in [0, 0.05) is 31.2 Å². The Morgan fingerprint density at radius 2 is 2.08 bits per heavy atom. The smallest absolute Gasteiger partial charge is 0.245 e. The first kappa shape index (κ1) is 17.2. The lowest BCUT2D eigenvalue weighted by Gasteiger charge is -2.45. The molecule has 0 aromatic heterocycles. The lowest BCUT2D eigenvalue weighted by molar-refractivity contribution is -0.153. The van der Waals surface area contributed by atoms with Gasteiger partial charge >= 0.3 is 0 Å². The number of amides is 2. The lowest BCUT2D eigenvalue weighted by atomic mass is 9.97. The quantitative estimate of drug-likeness (QED) is 0.903. The van der Waals surface area contributed by atoms with Crippen LogP contribution in [-0.4, -0.2) is 53.3 Å². The average molecular weight is 350 g/mol. The molecule has 2 amide bonds. The number of carbonyl (C=O) groups is 2. The Bertz CT molecular complexity index is 634. The van der Waals surface area contributed by atoms with Gasteiger partial charge in [0.1, 0.15) is 12.1 Å². The fourth-order valence-electron chi connectivity index (χ4n) is 3.53. The molecule has 130 valence electrons. The number of benzene rings is 1. The van der Waals surface area contributed by atoms with Gasteiger partial charge in [0.25, 0.3) is 0 Å². The Balaban J connectivity index is 1.66. The zero-order valence-corrected chi connectivity index (χ0v) is 14.9. The van der Waals surface area contributed by atoms with Crippen molar-refractivity contribution >= 4 is 23.4 Å². The van der Waals surface area contributed by atoms with Gasteiger partial charge in [-0.25, -0.2) is 0 Å². The van der Waals surface area contributed by atoms with Crippen molar-refractivity contribution in [1.29, 1.82) is 0 Å². The number of fused-ring (bicyclic) bond motifs is 1. The maximum Gasteiger partial charge on any atom is 0.245 e. The molecule has 2 saturated heterocycles. The van der Waals surface area contributed by atoms with Crippen LogP contribution in [0, 0.1) is 5.92 Å². The molecule has 6 heteroatoms. The Labute approximate surface area is 147 Å². The molecule has 1 aromatic rings. The first-order valence-electron chi connectivity index (χ1n) is 8.51. The van der Waals surface area contributed by atoms with E-state index in [-0.39, 0.29) is 23.9 Å². The zero-order valence-electron chi connectivity index (χ0n) is 14.2. The summed E-state index contributed by atoms with van der Waals surface area (Å²) in [6.07, 6.45) is 0.694. The summed E-state index contributed by atoms with van der Waals surface area (Å²) in [5, 5.41) is 3.63. The van der Waals surface area contributed by atoms with Gasteiger partial charge in [-0.2, -0.15) is 0 Å². The van der Waals surface area contributed by atoms with Crippen LogP contribution in [0.4, 0.5) is 0 Å². The van der Waals surface area contributed by atoms with E-state index in [0.29, 0.717) is 30.5 Å². The minimum Gasteiger partial charge on any atom is -0.342 e. The summed E-state index contributed by atoms with van der Waals surface area (Å²) < 4.78 is 0. The second kappa shape index (κ2) is 7.11. The molecule has 0 unspecified atom stereocenters. The van der Waals surface area contributed by atoms with Crippen LogP contribution in [0.3, 0.4) is 0 Å². The fourth-order valence-corrected chi connectivity index (χ4v) is 3.74. The van der Waals surface area contributed by atoms with Gasteiger partial charge in [0.05, 0.1) is 0 Å². The molecule has 3 rings (SSSR count). The summed E-state index contributed by atoms with van der Waals surface area (Å²) in [4.78, 5) is 29.1. The van der Waals surface area contributed by atoms with Gasteiger partial charge in [-0.05, 0) is 30.0 Å². The molecule has 2 atom stereocenters. The van der Waals surface area contributed by atoms with Crippen LogP contribution in [0.5, 0.6) is 0 Å². The standard InChI is InChI=1S/C18H24ClN3O2/c1-12(2)8-15-18(24)22-7-6-21(11-16(22)17(23)20-15)10-13-4-3-5-14(19)9-13/h3-5,9,12,15-16H,6-8,10-11H2,1-2H3,(H,20,23)/t15-,16+/m0/s1. The van der Waals surface area contributed by atoms with Crippen LogP contribution >= 0.6 is 11.6 Å². The number of hydrogen-bond acceptors (Lipinski definition) is 3. The number of piperazine rings is 2. The molecule has 0 spiro atoms. The molecule has 2 aliphatic rings. The van der Waals surface area contributed by atoms with E-state index >= 15 is 0 Å². The second-order valence-electron chi connectivity index (χ2n) is 7.10. The maximum atomic E-state index is 12.6. The van der Waals surface area contributed by atoms with Crippen molar-refractivity contribution in [2.24, 2.45) is 5.92 Å². The molecule has 2 aliphatic heterocycles. The van der Waals surface area contributed by atoms with Gasteiger partial charge in [0.2, 0.25) is 11.8 Å². The van der Waals surface area contributed by atoms with Crippen LogP contribution in [0.25, 0.3) is 0 Å². The molecule has 0 aliphatic carbocycles. The predicted octanol–water partition coefficient (Wildman–Crippen LogP) is 1.90. The third-order valence-electron chi connectivity index (χ3n) is 4.67. The van der Waals surface area contributed by atoms with Gasteiger partial charge in [-0.3, -0.25) is 14.5 Å². The third-order valence-corrected chi connectivity index (χ3v) is 4.90. The predicted molar refractivity (Wildman–Crippen MR) is 93.6 cm³/mol. The van der Waals surface area contributed by atoms with Crippen LogP contribution in [0.15, 0.2) is 24.3 Å². The second-order valence-corrected chi connectivity index (χ2v) is 7.54. The van der Waals surface area contributed by atoms with Gasteiger partial charge in [-0.15, -0.1) is 0 Å². The molecule has 2 fully saturated rings. The maximum absolute atomic E-state index is 12.6. The van der Waals surface area contributed by atoms with Crippen molar-refractivity contribution in [3.63, 3.8) is 0 Å². The molecular formula is C18H24ClN3O2. The molecule has 5 nitrogen and oxygen atoms in total. The summed E-state index contributed by atoms with van der Waals surface area (Å²) in [6, 6.07) is 7.01. The molecule has 1 N–H and O–H groups in total. The van der Waals surface area contributed by atoms with Gasteiger partial charge in [-0.1, -0.05) is 37.6 Å². The Kier molecular flexibility index (Phi) is 5.11. The van der Waals surface area contributed by atoms with E-state index < -0.39 is 0 Å². The van der Waals surface area contributed by atoms with E-state index in [9.17, 15) is 9.59 Å². The van der Waals surface area contributed by atoms with E-state index in [2.05, 4.69) is 24.1 Å². The molecular weight excluding hydrogens is 326 g/mol. The molecule has 0 saturated carbocycles. The van der Waals surface area contributed by atoms with Gasteiger partial charge in [0.15, 0.2) is 0 Å². The first-order valence-corrected chi connectivity index (χ1v) is 8.89. The monoisotopic (exact) mass is 349 g/mol. The summed E-state index contributed by atoms with van der Waals surface area (Å²) in [5.74, 6) is 0.409. The van der Waals surface area contributed by atoms with Crippen molar-refractivity contribution in [2.45, 2.75) is 38.9 Å². The topological polar surface area (TPSA) is 52.7 Å². The van der Waals surface area contributed by atoms with Crippen molar-refractivity contribution in [2.75, 3.05) is 19.6 Å². The van der Waals surface area contributed by atoms with Crippen LogP contribution < -0.4 is 5.32 Å². The average Bonchev–Trinajstić information content (AvgIpc) is 2.52. The summed E-state index contributed by atoms with van der Waals surface area (Å²) in [7, 11) is 0. The highest BCUT2D eigenvalue weighted by Gasteiger charge is 2.43. The first-order chi connectivity index (χ1) is 11.4. The molecule has 2 heterocycles. The van der Waals surface area contributed by atoms with E-state index in [4.69, 9.17) is 11.6 Å². The number of nitrogens with zero attached hydrogens (tertiary/aromatic N) is 2. The highest BCUT2D eigenvalue weighted by molar-refractivity contribution is 6.30. The van der Waals surface area contributed by atoms with Crippen molar-refractivity contribution in [1.82, 2.24) is 15.1 Å². The SMILES string of the molecule is CC(C)C[C@@H]1NC(=O)[C@H]2CN(Cc3cccc(Cl)c3)CCN2C1=O. The van der Waals surface area contributed by atoms with E-state index in [1.165, 1.54) is 0 Å². The van der Waals surface area contributed by atoms with Crippen molar-refractivity contribution in [3.05, 3.63) is 34.9 Å². The van der Waals surface area contributed by atoms with Crippen molar-refractivity contribution < 1.29 is 9.59 Å². The number of hydrogen-bond donors (Lipinski definition) is 1. The van der Waals surface area contributed by atoms with E-state index in [0.717, 1.165) is 18.7 Å².